The topological polar surface area (TPSA) is 64.3 Å². The summed E-state index contributed by atoms with van der Waals surface area (Å²) in [7, 11) is 1.66. The molecule has 2 aromatic rings. The van der Waals surface area contributed by atoms with E-state index in [9.17, 15) is 4.79 Å². The number of ether oxygens (including phenoxy) is 1. The van der Waals surface area contributed by atoms with Crippen molar-refractivity contribution in [1.29, 1.82) is 0 Å². The van der Waals surface area contributed by atoms with Crippen molar-refractivity contribution in [2.24, 2.45) is 5.73 Å². The summed E-state index contributed by atoms with van der Waals surface area (Å²) in [6.07, 6.45) is 0.538. The summed E-state index contributed by atoms with van der Waals surface area (Å²) in [5.41, 5.74) is 9.14. The number of hydrogen-bond donors (Lipinski definition) is 2. The number of carbonyl (C=O) groups excluding carboxylic acids is 1. The first kappa shape index (κ1) is 19.2. The lowest BCUT2D eigenvalue weighted by Crippen LogP contribution is -2.41. The van der Waals surface area contributed by atoms with E-state index < -0.39 is 6.04 Å². The number of rotatable bonds is 7. The van der Waals surface area contributed by atoms with E-state index in [-0.39, 0.29) is 18.3 Å². The lowest BCUT2D eigenvalue weighted by atomic mass is 10.1. The van der Waals surface area contributed by atoms with E-state index in [4.69, 9.17) is 10.5 Å². The summed E-state index contributed by atoms with van der Waals surface area (Å²) in [6.45, 7) is 1.04. The van der Waals surface area contributed by atoms with Crippen LogP contribution in [0.15, 0.2) is 54.6 Å². The fourth-order valence-corrected chi connectivity index (χ4v) is 2.28. The van der Waals surface area contributed by atoms with Crippen LogP contribution in [-0.4, -0.2) is 19.1 Å². The molecule has 0 aliphatic heterocycles. The van der Waals surface area contributed by atoms with Crippen LogP contribution in [0.5, 0.6) is 0 Å². The van der Waals surface area contributed by atoms with Crippen LogP contribution in [0.25, 0.3) is 0 Å². The summed E-state index contributed by atoms with van der Waals surface area (Å²) < 4.78 is 5.11. The molecular formula is C18H23ClN2O2. The van der Waals surface area contributed by atoms with Crippen LogP contribution >= 0.6 is 12.4 Å². The molecule has 0 bridgehead atoms. The zero-order valence-corrected chi connectivity index (χ0v) is 14.0. The van der Waals surface area contributed by atoms with Crippen molar-refractivity contribution in [2.45, 2.75) is 25.6 Å². The van der Waals surface area contributed by atoms with Gasteiger partial charge in [0.25, 0.3) is 0 Å². The van der Waals surface area contributed by atoms with Gasteiger partial charge in [-0.3, -0.25) is 4.79 Å². The molecule has 124 valence electrons. The Hall–Kier alpha value is -1.88. The zero-order chi connectivity index (χ0) is 15.8. The fourth-order valence-electron chi connectivity index (χ4n) is 2.28. The van der Waals surface area contributed by atoms with Gasteiger partial charge in [-0.05, 0) is 23.1 Å². The number of methoxy groups -OCH3 is 1. The Morgan fingerprint density at radius 3 is 2.43 bits per heavy atom. The number of nitrogens with two attached hydrogens (primary N) is 1. The van der Waals surface area contributed by atoms with E-state index in [0.29, 0.717) is 19.6 Å². The maximum absolute atomic E-state index is 12.1. The van der Waals surface area contributed by atoms with Crippen molar-refractivity contribution < 1.29 is 9.53 Å². The largest absolute Gasteiger partial charge is 0.380 e. The Morgan fingerprint density at radius 1 is 1.09 bits per heavy atom. The van der Waals surface area contributed by atoms with Crippen molar-refractivity contribution in [2.75, 3.05) is 7.11 Å². The summed E-state index contributed by atoms with van der Waals surface area (Å²) in [5, 5.41) is 2.88. The molecule has 1 atom stereocenters. The van der Waals surface area contributed by atoms with Crippen molar-refractivity contribution in [3.8, 4) is 0 Å². The van der Waals surface area contributed by atoms with Crippen LogP contribution in [0.3, 0.4) is 0 Å². The number of halogens is 1. The molecule has 3 N–H and O–H groups in total. The standard InChI is InChI=1S/C18H22N2O2.ClH/c1-22-13-16-9-5-8-15(10-16)12-20-18(21)17(19)11-14-6-3-2-4-7-14;/h2-10,17H,11-13,19H2,1H3,(H,20,21);1H/t17-;/m0./s1. The normalized spacial score (nSPS) is 11.4. The first-order valence-electron chi connectivity index (χ1n) is 7.33. The van der Waals surface area contributed by atoms with Crippen LogP contribution in [0.1, 0.15) is 16.7 Å². The molecule has 0 radical (unpaired) electrons. The summed E-state index contributed by atoms with van der Waals surface area (Å²) in [4.78, 5) is 12.1. The van der Waals surface area contributed by atoms with Gasteiger partial charge in [-0.2, -0.15) is 0 Å². The van der Waals surface area contributed by atoms with Crippen LogP contribution in [-0.2, 0) is 29.1 Å². The molecule has 0 spiro atoms. The van der Waals surface area contributed by atoms with Gasteiger partial charge >= 0.3 is 0 Å². The Morgan fingerprint density at radius 2 is 1.74 bits per heavy atom. The van der Waals surface area contributed by atoms with Crippen LogP contribution in [0.2, 0.25) is 0 Å². The summed E-state index contributed by atoms with van der Waals surface area (Å²) in [5.74, 6) is -0.138. The highest BCUT2D eigenvalue weighted by Gasteiger charge is 2.13. The van der Waals surface area contributed by atoms with Gasteiger partial charge in [-0.1, -0.05) is 54.6 Å². The Balaban J connectivity index is 0.00000264. The molecule has 4 nitrogen and oxygen atoms in total. The summed E-state index contributed by atoms with van der Waals surface area (Å²) >= 11 is 0. The molecule has 0 aliphatic rings. The number of benzene rings is 2. The first-order valence-corrected chi connectivity index (χ1v) is 7.33. The quantitative estimate of drug-likeness (QED) is 0.817. The van der Waals surface area contributed by atoms with Crippen LogP contribution in [0.4, 0.5) is 0 Å². The second-order valence-corrected chi connectivity index (χ2v) is 5.27. The van der Waals surface area contributed by atoms with Gasteiger partial charge in [0.2, 0.25) is 5.91 Å². The van der Waals surface area contributed by atoms with Gasteiger partial charge in [0.05, 0.1) is 12.6 Å². The van der Waals surface area contributed by atoms with Crippen molar-refractivity contribution in [3.63, 3.8) is 0 Å². The highest BCUT2D eigenvalue weighted by molar-refractivity contribution is 5.85. The van der Waals surface area contributed by atoms with Gasteiger partial charge in [0.1, 0.15) is 0 Å². The van der Waals surface area contributed by atoms with Gasteiger partial charge in [-0.15, -0.1) is 12.4 Å². The van der Waals surface area contributed by atoms with Crippen LogP contribution in [0, 0.1) is 0 Å². The van der Waals surface area contributed by atoms with E-state index in [0.717, 1.165) is 16.7 Å². The second-order valence-electron chi connectivity index (χ2n) is 5.27. The summed E-state index contributed by atoms with van der Waals surface area (Å²) in [6, 6.07) is 17.2. The highest BCUT2D eigenvalue weighted by atomic mass is 35.5. The maximum Gasteiger partial charge on any atom is 0.237 e. The predicted octanol–water partition coefficient (Wildman–Crippen LogP) is 2.44. The first-order chi connectivity index (χ1) is 10.7. The minimum atomic E-state index is -0.537. The van der Waals surface area contributed by atoms with Crippen molar-refractivity contribution in [1.82, 2.24) is 5.32 Å². The second kappa shape index (κ2) is 10.0. The minimum Gasteiger partial charge on any atom is -0.380 e. The Kier molecular flexibility index (Phi) is 8.33. The molecule has 1 amide bonds. The van der Waals surface area contributed by atoms with E-state index in [1.165, 1.54) is 0 Å². The highest BCUT2D eigenvalue weighted by Crippen LogP contribution is 2.07. The SMILES string of the molecule is COCc1cccc(CNC(=O)[C@@H](N)Cc2ccccc2)c1.Cl. The van der Waals surface area contributed by atoms with Crippen molar-refractivity contribution >= 4 is 18.3 Å². The molecule has 0 unspecified atom stereocenters. The molecule has 2 rings (SSSR count). The third kappa shape index (κ3) is 6.40. The Labute approximate surface area is 143 Å². The van der Waals surface area contributed by atoms with Crippen LogP contribution < -0.4 is 11.1 Å². The lowest BCUT2D eigenvalue weighted by Gasteiger charge is -2.13. The maximum atomic E-state index is 12.1. The Bertz CT molecular complexity index is 605. The van der Waals surface area contributed by atoms with E-state index >= 15 is 0 Å². The average Bonchev–Trinajstić information content (AvgIpc) is 2.54. The zero-order valence-electron chi connectivity index (χ0n) is 13.2. The smallest absolute Gasteiger partial charge is 0.237 e. The van der Waals surface area contributed by atoms with E-state index in [1.54, 1.807) is 7.11 Å². The van der Waals surface area contributed by atoms with Gasteiger partial charge in [-0.25, -0.2) is 0 Å². The third-order valence-electron chi connectivity index (χ3n) is 3.40. The molecule has 23 heavy (non-hydrogen) atoms. The average molecular weight is 335 g/mol. The van der Waals surface area contributed by atoms with Crippen molar-refractivity contribution in [3.05, 3.63) is 71.3 Å². The minimum absolute atomic E-state index is 0. The molecule has 2 aromatic carbocycles. The number of carbonyl (C=O) groups is 1. The molecule has 0 aliphatic carbocycles. The molecule has 0 saturated heterocycles. The van der Waals surface area contributed by atoms with Gasteiger partial charge < -0.3 is 15.8 Å². The number of nitrogens with one attached hydrogen (secondary N) is 1. The monoisotopic (exact) mass is 334 g/mol. The van der Waals surface area contributed by atoms with E-state index in [1.807, 2.05) is 54.6 Å². The third-order valence-corrected chi connectivity index (χ3v) is 3.40. The fraction of sp³-hybridized carbons (Fsp3) is 0.278. The molecule has 0 heterocycles. The molecule has 0 aromatic heterocycles. The van der Waals surface area contributed by atoms with Gasteiger partial charge in [0.15, 0.2) is 0 Å². The van der Waals surface area contributed by atoms with Gasteiger partial charge in [0, 0.05) is 13.7 Å². The molecular weight excluding hydrogens is 312 g/mol. The molecule has 0 saturated carbocycles. The predicted molar refractivity (Wildman–Crippen MR) is 94.4 cm³/mol. The van der Waals surface area contributed by atoms with E-state index in [2.05, 4.69) is 5.32 Å². The molecule has 5 heteroatoms. The lowest BCUT2D eigenvalue weighted by molar-refractivity contribution is -0.122. The molecule has 0 fully saturated rings. The number of amides is 1. The number of hydrogen-bond acceptors (Lipinski definition) is 3.